The van der Waals surface area contributed by atoms with Crippen LogP contribution in [0.2, 0.25) is 0 Å². The zero-order valence-corrected chi connectivity index (χ0v) is 14.2. The summed E-state index contributed by atoms with van der Waals surface area (Å²) < 4.78 is 51.9. The van der Waals surface area contributed by atoms with Crippen molar-refractivity contribution >= 4 is 15.8 Å². The molecule has 0 radical (unpaired) electrons. The van der Waals surface area contributed by atoms with E-state index in [1.807, 2.05) is 6.92 Å². The molecule has 2 rings (SSSR count). The molecule has 2 N–H and O–H groups in total. The minimum Gasteiger partial charge on any atom is -0.435 e. The normalized spacial score (nSPS) is 20.2. The van der Waals surface area contributed by atoms with E-state index in [9.17, 15) is 17.2 Å². The van der Waals surface area contributed by atoms with Gasteiger partial charge in [-0.2, -0.15) is 8.78 Å². The highest BCUT2D eigenvalue weighted by molar-refractivity contribution is 7.91. The Kier molecular flexibility index (Phi) is 6.36. The van der Waals surface area contributed by atoms with Crippen LogP contribution < -0.4 is 15.4 Å². The molecule has 0 amide bonds. The van der Waals surface area contributed by atoms with E-state index in [0.717, 1.165) is 0 Å². The predicted molar refractivity (Wildman–Crippen MR) is 88.1 cm³/mol. The number of aliphatic imine (C=N–C) groups is 1. The molecule has 1 fully saturated rings. The van der Waals surface area contributed by atoms with Crippen LogP contribution in [0, 0.1) is 0 Å². The average molecular weight is 361 g/mol. The molecule has 0 spiro atoms. The summed E-state index contributed by atoms with van der Waals surface area (Å²) in [6.07, 6.45) is 0.546. The summed E-state index contributed by atoms with van der Waals surface area (Å²) in [5.41, 5.74) is 0.712. The maximum absolute atomic E-state index is 12.2. The molecule has 1 aromatic carbocycles. The lowest BCUT2D eigenvalue weighted by Gasteiger charge is -2.15. The van der Waals surface area contributed by atoms with Crippen LogP contribution in [-0.4, -0.2) is 45.1 Å². The number of ether oxygens (including phenoxy) is 1. The highest BCUT2D eigenvalue weighted by Gasteiger charge is 2.28. The number of sulfone groups is 1. The predicted octanol–water partition coefficient (Wildman–Crippen LogP) is 1.53. The van der Waals surface area contributed by atoms with Crippen molar-refractivity contribution < 1.29 is 21.9 Å². The minimum absolute atomic E-state index is 0.0811. The van der Waals surface area contributed by atoms with E-state index in [1.165, 1.54) is 12.1 Å². The van der Waals surface area contributed by atoms with Crippen LogP contribution in [0.1, 0.15) is 18.9 Å². The second kappa shape index (κ2) is 8.27. The monoisotopic (exact) mass is 361 g/mol. The number of benzene rings is 1. The first-order valence-corrected chi connectivity index (χ1v) is 9.49. The van der Waals surface area contributed by atoms with Gasteiger partial charge in [0, 0.05) is 12.6 Å². The van der Waals surface area contributed by atoms with Gasteiger partial charge in [0.1, 0.15) is 5.75 Å². The molecule has 0 aromatic heterocycles. The summed E-state index contributed by atoms with van der Waals surface area (Å²) in [5, 5.41) is 6.14. The van der Waals surface area contributed by atoms with E-state index < -0.39 is 16.4 Å². The van der Waals surface area contributed by atoms with E-state index in [1.54, 1.807) is 12.1 Å². The molecule has 1 saturated heterocycles. The third kappa shape index (κ3) is 5.95. The van der Waals surface area contributed by atoms with Crippen molar-refractivity contribution in [2.45, 2.75) is 32.5 Å². The van der Waals surface area contributed by atoms with Gasteiger partial charge in [0.2, 0.25) is 0 Å². The lowest BCUT2D eigenvalue weighted by Crippen LogP contribution is -2.44. The number of nitrogens with one attached hydrogen (secondary N) is 2. The Bertz CT molecular complexity index is 680. The van der Waals surface area contributed by atoms with Crippen molar-refractivity contribution in [3.05, 3.63) is 29.8 Å². The fourth-order valence-electron chi connectivity index (χ4n) is 2.41. The molecule has 24 heavy (non-hydrogen) atoms. The number of nitrogens with zero attached hydrogens (tertiary/aromatic N) is 1. The maximum Gasteiger partial charge on any atom is 0.387 e. The summed E-state index contributed by atoms with van der Waals surface area (Å²) in [7, 11) is -2.97. The maximum atomic E-state index is 12.2. The van der Waals surface area contributed by atoms with Gasteiger partial charge in [-0.1, -0.05) is 12.1 Å². The van der Waals surface area contributed by atoms with Gasteiger partial charge in [-0.15, -0.1) is 0 Å². The summed E-state index contributed by atoms with van der Waals surface area (Å²) in [4.78, 5) is 4.37. The van der Waals surface area contributed by atoms with Gasteiger partial charge in [0.05, 0.1) is 18.1 Å². The van der Waals surface area contributed by atoms with E-state index >= 15 is 0 Å². The van der Waals surface area contributed by atoms with Gasteiger partial charge in [0.25, 0.3) is 0 Å². The zero-order chi connectivity index (χ0) is 17.6. The van der Waals surface area contributed by atoms with Crippen molar-refractivity contribution in [3.8, 4) is 5.75 Å². The molecule has 1 heterocycles. The van der Waals surface area contributed by atoms with Gasteiger partial charge in [-0.25, -0.2) is 13.4 Å². The summed E-state index contributed by atoms with van der Waals surface area (Å²) >= 11 is 0. The lowest BCUT2D eigenvalue weighted by atomic mass is 10.2. The fraction of sp³-hybridized carbons (Fsp3) is 0.533. The second-order valence-electron chi connectivity index (χ2n) is 5.47. The zero-order valence-electron chi connectivity index (χ0n) is 13.3. The standard InChI is InChI=1S/C15H21F2N3O3S/c1-2-18-15(20-12-6-7-24(21,22)10-12)19-9-11-4-3-5-13(8-11)23-14(16)17/h3-5,8,12,14H,2,6-7,9-10H2,1H3,(H2,18,19,20). The smallest absolute Gasteiger partial charge is 0.387 e. The molecule has 9 heteroatoms. The van der Waals surface area contributed by atoms with Crippen LogP contribution in [0.25, 0.3) is 0 Å². The molecule has 1 aliphatic heterocycles. The first-order valence-electron chi connectivity index (χ1n) is 7.67. The van der Waals surface area contributed by atoms with E-state index in [-0.39, 0.29) is 29.8 Å². The Balaban J connectivity index is 2.00. The molecule has 0 aliphatic carbocycles. The quantitative estimate of drug-likeness (QED) is 0.593. The lowest BCUT2D eigenvalue weighted by molar-refractivity contribution is -0.0498. The first kappa shape index (κ1) is 18.4. The third-order valence-corrected chi connectivity index (χ3v) is 5.23. The molecule has 1 atom stereocenters. The van der Waals surface area contributed by atoms with Crippen molar-refractivity contribution in [2.75, 3.05) is 18.1 Å². The molecule has 0 bridgehead atoms. The summed E-state index contributed by atoms with van der Waals surface area (Å²) in [6.45, 7) is -0.0820. The van der Waals surface area contributed by atoms with Crippen LogP contribution in [0.5, 0.6) is 5.75 Å². The van der Waals surface area contributed by atoms with E-state index in [4.69, 9.17) is 0 Å². The third-order valence-electron chi connectivity index (χ3n) is 3.46. The van der Waals surface area contributed by atoms with Crippen molar-refractivity contribution in [1.82, 2.24) is 10.6 Å². The molecule has 0 saturated carbocycles. The summed E-state index contributed by atoms with van der Waals surface area (Å²) in [5.74, 6) is 0.851. The molecular weight excluding hydrogens is 340 g/mol. The van der Waals surface area contributed by atoms with Crippen LogP contribution >= 0.6 is 0 Å². The van der Waals surface area contributed by atoms with E-state index in [2.05, 4.69) is 20.4 Å². The van der Waals surface area contributed by atoms with Crippen LogP contribution in [-0.2, 0) is 16.4 Å². The Morgan fingerprint density at radius 1 is 1.46 bits per heavy atom. The van der Waals surface area contributed by atoms with Gasteiger partial charge in [-0.3, -0.25) is 0 Å². The SMILES string of the molecule is CCNC(=NCc1cccc(OC(F)F)c1)NC1CCS(=O)(=O)C1. The molecule has 6 nitrogen and oxygen atoms in total. The summed E-state index contributed by atoms with van der Waals surface area (Å²) in [6, 6.07) is 6.16. The van der Waals surface area contributed by atoms with Gasteiger partial charge in [-0.05, 0) is 31.0 Å². The molecule has 1 unspecified atom stereocenters. The highest BCUT2D eigenvalue weighted by Crippen LogP contribution is 2.16. The van der Waals surface area contributed by atoms with Gasteiger partial charge in [0.15, 0.2) is 15.8 Å². The second-order valence-corrected chi connectivity index (χ2v) is 7.69. The highest BCUT2D eigenvalue weighted by atomic mass is 32.2. The Morgan fingerprint density at radius 3 is 2.88 bits per heavy atom. The fourth-order valence-corrected chi connectivity index (χ4v) is 4.09. The largest absolute Gasteiger partial charge is 0.435 e. The van der Waals surface area contributed by atoms with Crippen molar-refractivity contribution in [2.24, 2.45) is 4.99 Å². The number of hydrogen-bond acceptors (Lipinski definition) is 4. The minimum atomic E-state index is -2.97. The number of guanidine groups is 1. The molecule has 1 aliphatic rings. The number of rotatable bonds is 6. The molecule has 134 valence electrons. The number of alkyl halides is 2. The Morgan fingerprint density at radius 2 is 2.25 bits per heavy atom. The molecule has 1 aromatic rings. The van der Waals surface area contributed by atoms with Crippen molar-refractivity contribution in [1.29, 1.82) is 0 Å². The van der Waals surface area contributed by atoms with Gasteiger partial charge < -0.3 is 15.4 Å². The average Bonchev–Trinajstić information content (AvgIpc) is 2.84. The topological polar surface area (TPSA) is 79.8 Å². The Labute approximate surface area is 140 Å². The Hall–Kier alpha value is -1.90. The van der Waals surface area contributed by atoms with Crippen LogP contribution in [0.4, 0.5) is 8.78 Å². The number of halogens is 2. The molecular formula is C15H21F2N3O3S. The van der Waals surface area contributed by atoms with Gasteiger partial charge >= 0.3 is 6.61 Å². The number of hydrogen-bond donors (Lipinski definition) is 2. The van der Waals surface area contributed by atoms with Crippen LogP contribution in [0.3, 0.4) is 0 Å². The van der Waals surface area contributed by atoms with E-state index in [0.29, 0.717) is 24.5 Å². The first-order chi connectivity index (χ1) is 11.4. The van der Waals surface area contributed by atoms with Crippen LogP contribution in [0.15, 0.2) is 29.3 Å². The van der Waals surface area contributed by atoms with Crippen molar-refractivity contribution in [3.63, 3.8) is 0 Å².